The van der Waals surface area contributed by atoms with Crippen LogP contribution in [0.2, 0.25) is 0 Å². The molecular formula is C15H19F3N2O2. The number of halogens is 3. The van der Waals surface area contributed by atoms with Gasteiger partial charge in [-0.1, -0.05) is 0 Å². The molecular weight excluding hydrogens is 297 g/mol. The van der Waals surface area contributed by atoms with Gasteiger partial charge in [-0.2, -0.15) is 0 Å². The fourth-order valence-electron chi connectivity index (χ4n) is 2.96. The van der Waals surface area contributed by atoms with Gasteiger partial charge in [-0.25, -0.2) is 18.0 Å². The average molecular weight is 316 g/mol. The molecule has 0 bridgehead atoms. The summed E-state index contributed by atoms with van der Waals surface area (Å²) in [7, 11) is 0. The van der Waals surface area contributed by atoms with Crippen molar-refractivity contribution in [1.29, 1.82) is 0 Å². The van der Waals surface area contributed by atoms with Gasteiger partial charge in [0.25, 0.3) is 0 Å². The number of esters is 1. The van der Waals surface area contributed by atoms with Crippen molar-refractivity contribution >= 4 is 5.97 Å². The number of alkyl halides is 3. The van der Waals surface area contributed by atoms with Crippen molar-refractivity contribution in [3.63, 3.8) is 0 Å². The zero-order valence-electron chi connectivity index (χ0n) is 12.5. The third-order valence-corrected chi connectivity index (χ3v) is 4.11. The maximum absolute atomic E-state index is 15.6. The first-order chi connectivity index (χ1) is 10.1. The molecule has 2 unspecified atom stereocenters. The van der Waals surface area contributed by atoms with Crippen LogP contribution in [-0.2, 0) is 10.4 Å². The predicted octanol–water partition coefficient (Wildman–Crippen LogP) is 2.96. The summed E-state index contributed by atoms with van der Waals surface area (Å²) in [5.74, 6) is -3.76. The van der Waals surface area contributed by atoms with E-state index in [0.717, 1.165) is 0 Å². The lowest BCUT2D eigenvalue weighted by Crippen LogP contribution is -2.60. The van der Waals surface area contributed by atoms with Gasteiger partial charge in [-0.3, -0.25) is 4.98 Å². The highest BCUT2D eigenvalue weighted by molar-refractivity contribution is 5.91. The van der Waals surface area contributed by atoms with Gasteiger partial charge in [0.2, 0.25) is 5.92 Å². The zero-order chi connectivity index (χ0) is 16.6. The van der Waals surface area contributed by atoms with E-state index in [1.165, 1.54) is 25.4 Å². The first kappa shape index (κ1) is 16.7. The van der Waals surface area contributed by atoms with Gasteiger partial charge in [0.05, 0.1) is 17.7 Å². The van der Waals surface area contributed by atoms with Crippen LogP contribution in [0.25, 0.3) is 0 Å². The molecule has 2 N–H and O–H groups in total. The van der Waals surface area contributed by atoms with Crippen molar-refractivity contribution in [2.45, 2.75) is 50.2 Å². The molecule has 1 aliphatic carbocycles. The maximum Gasteiger partial charge on any atom is 0.340 e. The number of nitrogens with two attached hydrogens (primary N) is 1. The third-order valence-electron chi connectivity index (χ3n) is 4.11. The summed E-state index contributed by atoms with van der Waals surface area (Å²) in [5.41, 5.74) is 1.71. The van der Waals surface area contributed by atoms with Crippen molar-refractivity contribution < 1.29 is 22.7 Å². The van der Waals surface area contributed by atoms with Crippen LogP contribution in [0, 0.1) is 0 Å². The summed E-state index contributed by atoms with van der Waals surface area (Å²) < 4.78 is 47.6. The van der Waals surface area contributed by atoms with Gasteiger partial charge in [-0.15, -0.1) is 0 Å². The van der Waals surface area contributed by atoms with E-state index in [4.69, 9.17) is 10.5 Å². The smallest absolute Gasteiger partial charge is 0.340 e. The second-order valence-corrected chi connectivity index (χ2v) is 5.89. The van der Waals surface area contributed by atoms with E-state index in [9.17, 15) is 13.6 Å². The fraction of sp³-hybridized carbons (Fsp3) is 0.600. The van der Waals surface area contributed by atoms with Crippen LogP contribution in [0.3, 0.4) is 0 Å². The minimum Gasteiger partial charge on any atom is -0.462 e. The lowest BCUT2D eigenvalue weighted by atomic mass is 9.67. The third kappa shape index (κ3) is 2.82. The summed E-state index contributed by atoms with van der Waals surface area (Å²) in [4.78, 5) is 15.8. The Kier molecular flexibility index (Phi) is 4.21. The molecule has 0 saturated heterocycles. The molecule has 1 fully saturated rings. The molecule has 2 rings (SSSR count). The number of nitrogens with zero attached hydrogens (tertiary/aromatic N) is 1. The van der Waals surface area contributed by atoms with E-state index in [-0.39, 0.29) is 17.7 Å². The summed E-state index contributed by atoms with van der Waals surface area (Å²) >= 11 is 0. The highest BCUT2D eigenvalue weighted by Gasteiger charge is 2.58. The number of pyridine rings is 1. The van der Waals surface area contributed by atoms with Crippen LogP contribution in [0.15, 0.2) is 18.5 Å². The standard InChI is InChI=1S/C15H19F3N2O2/c1-3-22-12(21)10-8-20-7-4-11(10)15(18)6-5-14(16,17)9-13(15,2)19/h4,7-8H,3,5-6,9,19H2,1-2H3. The highest BCUT2D eigenvalue weighted by atomic mass is 19.3. The van der Waals surface area contributed by atoms with E-state index in [0.29, 0.717) is 0 Å². The molecule has 0 radical (unpaired) electrons. The molecule has 1 heterocycles. The molecule has 122 valence electrons. The molecule has 7 heteroatoms. The first-order valence-corrected chi connectivity index (χ1v) is 7.10. The summed E-state index contributed by atoms with van der Waals surface area (Å²) in [6.07, 6.45) is 0.602. The minimum atomic E-state index is -3.02. The Morgan fingerprint density at radius 1 is 1.41 bits per heavy atom. The van der Waals surface area contributed by atoms with Crippen molar-refractivity contribution in [2.24, 2.45) is 5.73 Å². The van der Waals surface area contributed by atoms with Crippen LogP contribution in [0.1, 0.15) is 49.0 Å². The van der Waals surface area contributed by atoms with Crippen molar-refractivity contribution in [2.75, 3.05) is 6.61 Å². The minimum absolute atomic E-state index is 0.0403. The first-order valence-electron chi connectivity index (χ1n) is 7.10. The van der Waals surface area contributed by atoms with E-state index in [1.807, 2.05) is 0 Å². The topological polar surface area (TPSA) is 65.2 Å². The number of hydrogen-bond donors (Lipinski definition) is 1. The Hall–Kier alpha value is -1.63. The molecule has 4 nitrogen and oxygen atoms in total. The normalized spacial score (nSPS) is 30.8. The molecule has 0 aromatic carbocycles. The Labute approximate surface area is 126 Å². The Morgan fingerprint density at radius 2 is 2.09 bits per heavy atom. The number of carbonyl (C=O) groups is 1. The molecule has 22 heavy (non-hydrogen) atoms. The summed E-state index contributed by atoms with van der Waals surface area (Å²) in [5, 5.41) is 0. The number of hydrogen-bond acceptors (Lipinski definition) is 4. The number of rotatable bonds is 3. The van der Waals surface area contributed by atoms with Crippen LogP contribution in [-0.4, -0.2) is 29.0 Å². The molecule has 1 aromatic heterocycles. The van der Waals surface area contributed by atoms with E-state index in [1.54, 1.807) is 6.92 Å². The second kappa shape index (κ2) is 5.53. The maximum atomic E-state index is 15.6. The van der Waals surface area contributed by atoms with Gasteiger partial charge in [-0.05, 0) is 26.3 Å². The molecule has 2 atom stereocenters. The van der Waals surface area contributed by atoms with Crippen molar-refractivity contribution in [1.82, 2.24) is 4.98 Å². The average Bonchev–Trinajstić information content (AvgIpc) is 2.42. The Morgan fingerprint density at radius 3 is 2.68 bits per heavy atom. The van der Waals surface area contributed by atoms with E-state index >= 15 is 4.39 Å². The number of carbonyl (C=O) groups excluding carboxylic acids is 1. The lowest BCUT2D eigenvalue weighted by molar-refractivity contribution is -0.118. The predicted molar refractivity (Wildman–Crippen MR) is 74.4 cm³/mol. The van der Waals surface area contributed by atoms with Gasteiger partial charge in [0, 0.05) is 30.8 Å². The van der Waals surface area contributed by atoms with Gasteiger partial charge in [0.1, 0.15) is 0 Å². The molecule has 1 aromatic rings. The van der Waals surface area contributed by atoms with Gasteiger partial charge in [0.15, 0.2) is 5.67 Å². The second-order valence-electron chi connectivity index (χ2n) is 5.89. The van der Waals surface area contributed by atoms with Crippen LogP contribution in [0.5, 0.6) is 0 Å². The molecule has 0 amide bonds. The van der Waals surface area contributed by atoms with E-state index in [2.05, 4.69) is 4.98 Å². The fourth-order valence-corrected chi connectivity index (χ4v) is 2.96. The Bertz CT molecular complexity index is 578. The SMILES string of the molecule is CCOC(=O)c1cnccc1C1(F)CCC(F)(F)CC1(C)N. The lowest BCUT2D eigenvalue weighted by Gasteiger charge is -2.47. The zero-order valence-corrected chi connectivity index (χ0v) is 12.5. The molecule has 0 aliphatic heterocycles. The molecule has 0 spiro atoms. The molecule has 1 aliphatic rings. The highest BCUT2D eigenvalue weighted by Crippen LogP contribution is 2.51. The number of ether oxygens (including phenoxy) is 1. The largest absolute Gasteiger partial charge is 0.462 e. The monoisotopic (exact) mass is 316 g/mol. The van der Waals surface area contributed by atoms with Crippen LogP contribution < -0.4 is 5.73 Å². The number of aromatic nitrogens is 1. The molecule has 1 saturated carbocycles. The van der Waals surface area contributed by atoms with Crippen LogP contribution >= 0.6 is 0 Å². The van der Waals surface area contributed by atoms with Gasteiger partial charge < -0.3 is 10.5 Å². The van der Waals surface area contributed by atoms with E-state index < -0.39 is 42.4 Å². The quantitative estimate of drug-likeness (QED) is 0.871. The van der Waals surface area contributed by atoms with Crippen LogP contribution in [0.4, 0.5) is 13.2 Å². The van der Waals surface area contributed by atoms with Crippen molar-refractivity contribution in [3.05, 3.63) is 29.6 Å². The van der Waals surface area contributed by atoms with Crippen molar-refractivity contribution in [3.8, 4) is 0 Å². The Balaban J connectivity index is 2.49. The summed E-state index contributed by atoms with van der Waals surface area (Å²) in [6, 6.07) is 1.31. The summed E-state index contributed by atoms with van der Waals surface area (Å²) in [6.45, 7) is 2.98. The van der Waals surface area contributed by atoms with Gasteiger partial charge >= 0.3 is 5.97 Å².